The van der Waals surface area contributed by atoms with Crippen LogP contribution in [-0.4, -0.2) is 11.9 Å². The zero-order valence-electron chi connectivity index (χ0n) is 8.26. The van der Waals surface area contributed by atoms with Crippen LogP contribution in [0.1, 0.15) is 13.3 Å². The number of carbonyl (C=O) groups is 1. The molecular formula is C10H12BrFN2O. The quantitative estimate of drug-likeness (QED) is 0.885. The Balaban J connectivity index is 2.64. The van der Waals surface area contributed by atoms with E-state index in [4.69, 9.17) is 5.73 Å². The molecule has 1 unspecified atom stereocenters. The first-order chi connectivity index (χ1) is 6.99. The van der Waals surface area contributed by atoms with E-state index in [0.717, 1.165) is 5.69 Å². The molecular weight excluding hydrogens is 263 g/mol. The van der Waals surface area contributed by atoms with Crippen molar-refractivity contribution in [3.05, 3.63) is 28.5 Å². The minimum atomic E-state index is -0.365. The van der Waals surface area contributed by atoms with Crippen molar-refractivity contribution in [1.29, 1.82) is 0 Å². The number of halogens is 2. The van der Waals surface area contributed by atoms with Crippen LogP contribution in [0.15, 0.2) is 22.7 Å². The highest BCUT2D eigenvalue weighted by molar-refractivity contribution is 9.10. The number of benzene rings is 1. The van der Waals surface area contributed by atoms with Gasteiger partial charge in [-0.05, 0) is 41.1 Å². The van der Waals surface area contributed by atoms with E-state index in [0.29, 0.717) is 4.47 Å². The Bertz CT molecular complexity index is 370. The van der Waals surface area contributed by atoms with Crippen LogP contribution in [0.2, 0.25) is 0 Å². The molecule has 5 heteroatoms. The maximum Gasteiger partial charge on any atom is 0.219 e. The average molecular weight is 275 g/mol. The van der Waals surface area contributed by atoms with Gasteiger partial charge >= 0.3 is 0 Å². The first-order valence-corrected chi connectivity index (χ1v) is 5.28. The van der Waals surface area contributed by atoms with Crippen LogP contribution in [-0.2, 0) is 4.79 Å². The lowest BCUT2D eigenvalue weighted by Crippen LogP contribution is -2.23. The lowest BCUT2D eigenvalue weighted by atomic mass is 10.2. The maximum absolute atomic E-state index is 12.9. The number of nitrogens with one attached hydrogen (secondary N) is 1. The Kier molecular flexibility index (Phi) is 4.08. The second-order valence-corrected chi connectivity index (χ2v) is 4.20. The van der Waals surface area contributed by atoms with Gasteiger partial charge in [-0.25, -0.2) is 4.39 Å². The normalized spacial score (nSPS) is 12.2. The number of primary amides is 1. The fourth-order valence-corrected chi connectivity index (χ4v) is 1.60. The summed E-state index contributed by atoms with van der Waals surface area (Å²) < 4.78 is 13.3. The predicted molar refractivity (Wildman–Crippen MR) is 61.0 cm³/mol. The highest BCUT2D eigenvalue weighted by atomic mass is 79.9. The Morgan fingerprint density at radius 3 is 2.87 bits per heavy atom. The van der Waals surface area contributed by atoms with Gasteiger partial charge in [-0.2, -0.15) is 0 Å². The van der Waals surface area contributed by atoms with Crippen LogP contribution in [0.4, 0.5) is 10.1 Å². The second-order valence-electron chi connectivity index (χ2n) is 3.34. The van der Waals surface area contributed by atoms with Crippen molar-refractivity contribution in [2.45, 2.75) is 19.4 Å². The lowest BCUT2D eigenvalue weighted by molar-refractivity contribution is -0.118. The summed E-state index contributed by atoms with van der Waals surface area (Å²) in [5, 5.41) is 3.04. The third-order valence-electron chi connectivity index (χ3n) is 1.84. The van der Waals surface area contributed by atoms with Gasteiger partial charge in [0, 0.05) is 18.2 Å². The molecule has 0 aromatic heterocycles. The number of anilines is 1. The van der Waals surface area contributed by atoms with E-state index in [9.17, 15) is 9.18 Å². The van der Waals surface area contributed by atoms with E-state index < -0.39 is 0 Å². The molecule has 1 aromatic carbocycles. The molecule has 1 amide bonds. The molecule has 0 aliphatic rings. The van der Waals surface area contributed by atoms with E-state index in [1.165, 1.54) is 6.07 Å². The minimum absolute atomic E-state index is 0.0696. The average Bonchev–Trinajstić information content (AvgIpc) is 2.10. The Labute approximate surface area is 96.0 Å². The van der Waals surface area contributed by atoms with Crippen LogP contribution in [0.5, 0.6) is 0 Å². The summed E-state index contributed by atoms with van der Waals surface area (Å²) in [6.07, 6.45) is 0.245. The molecule has 0 radical (unpaired) electrons. The molecule has 0 fully saturated rings. The highest BCUT2D eigenvalue weighted by Crippen LogP contribution is 2.20. The van der Waals surface area contributed by atoms with Gasteiger partial charge in [-0.1, -0.05) is 0 Å². The van der Waals surface area contributed by atoms with Crippen molar-refractivity contribution in [1.82, 2.24) is 0 Å². The molecule has 0 spiro atoms. The molecule has 0 aliphatic heterocycles. The van der Waals surface area contributed by atoms with Crippen molar-refractivity contribution >= 4 is 27.5 Å². The number of amides is 1. The van der Waals surface area contributed by atoms with Gasteiger partial charge in [-0.15, -0.1) is 0 Å². The third-order valence-corrected chi connectivity index (χ3v) is 2.45. The minimum Gasteiger partial charge on any atom is -0.382 e. The van der Waals surface area contributed by atoms with Gasteiger partial charge in [0.1, 0.15) is 5.82 Å². The molecule has 0 heterocycles. The van der Waals surface area contributed by atoms with Gasteiger partial charge in [-0.3, -0.25) is 4.79 Å². The maximum atomic E-state index is 12.9. The monoisotopic (exact) mass is 274 g/mol. The van der Waals surface area contributed by atoms with Crippen LogP contribution < -0.4 is 11.1 Å². The summed E-state index contributed by atoms with van der Waals surface area (Å²) in [5.41, 5.74) is 5.80. The molecule has 1 rings (SSSR count). The zero-order valence-corrected chi connectivity index (χ0v) is 9.84. The molecule has 1 atom stereocenters. The Hall–Kier alpha value is -1.10. The first-order valence-electron chi connectivity index (χ1n) is 4.49. The van der Waals surface area contributed by atoms with E-state index in [1.54, 1.807) is 12.1 Å². The molecule has 82 valence electrons. The summed E-state index contributed by atoms with van der Waals surface area (Å²) in [5.74, 6) is -0.681. The zero-order chi connectivity index (χ0) is 11.4. The van der Waals surface area contributed by atoms with Crippen LogP contribution in [0.3, 0.4) is 0 Å². The highest BCUT2D eigenvalue weighted by Gasteiger charge is 2.06. The standard InChI is InChI=1S/C10H12BrFN2O/c1-6(4-10(13)15)14-7-2-3-9(12)8(11)5-7/h2-3,5-6,14H,4H2,1H3,(H2,13,15). The number of hydrogen-bond acceptors (Lipinski definition) is 2. The number of hydrogen-bond donors (Lipinski definition) is 2. The van der Waals surface area contributed by atoms with Crippen molar-refractivity contribution in [2.75, 3.05) is 5.32 Å². The van der Waals surface area contributed by atoms with Crippen LogP contribution in [0, 0.1) is 5.82 Å². The van der Waals surface area contributed by atoms with Gasteiger partial charge in [0.05, 0.1) is 4.47 Å². The van der Waals surface area contributed by atoms with E-state index in [-0.39, 0.29) is 24.2 Å². The fraction of sp³-hybridized carbons (Fsp3) is 0.300. The van der Waals surface area contributed by atoms with Crippen molar-refractivity contribution in [2.24, 2.45) is 5.73 Å². The summed E-state index contributed by atoms with van der Waals surface area (Å²) in [6.45, 7) is 1.84. The summed E-state index contributed by atoms with van der Waals surface area (Å²) in [4.78, 5) is 10.6. The number of rotatable bonds is 4. The van der Waals surface area contributed by atoms with E-state index in [1.807, 2.05) is 6.92 Å². The van der Waals surface area contributed by atoms with Gasteiger partial charge in [0.25, 0.3) is 0 Å². The Morgan fingerprint density at radius 1 is 1.67 bits per heavy atom. The van der Waals surface area contributed by atoms with Gasteiger partial charge in [0.2, 0.25) is 5.91 Å². The SMILES string of the molecule is CC(CC(N)=O)Nc1ccc(F)c(Br)c1. The molecule has 3 N–H and O–H groups in total. The van der Waals surface area contributed by atoms with Gasteiger partial charge < -0.3 is 11.1 Å². The van der Waals surface area contributed by atoms with Crippen molar-refractivity contribution < 1.29 is 9.18 Å². The first kappa shape index (κ1) is 12.0. The molecule has 1 aromatic rings. The number of carbonyl (C=O) groups excluding carboxylic acids is 1. The smallest absolute Gasteiger partial charge is 0.219 e. The molecule has 3 nitrogen and oxygen atoms in total. The third kappa shape index (κ3) is 3.87. The molecule has 0 aliphatic carbocycles. The largest absolute Gasteiger partial charge is 0.382 e. The summed E-state index contributed by atoms with van der Waals surface area (Å²) in [7, 11) is 0. The van der Waals surface area contributed by atoms with Crippen molar-refractivity contribution in [3.8, 4) is 0 Å². The van der Waals surface area contributed by atoms with Crippen LogP contribution >= 0.6 is 15.9 Å². The van der Waals surface area contributed by atoms with Crippen LogP contribution in [0.25, 0.3) is 0 Å². The molecule has 0 saturated heterocycles. The fourth-order valence-electron chi connectivity index (χ4n) is 1.22. The lowest BCUT2D eigenvalue weighted by Gasteiger charge is -2.13. The summed E-state index contributed by atoms with van der Waals surface area (Å²) >= 11 is 3.08. The molecule has 0 bridgehead atoms. The topological polar surface area (TPSA) is 55.1 Å². The van der Waals surface area contributed by atoms with Gasteiger partial charge in [0.15, 0.2) is 0 Å². The van der Waals surface area contributed by atoms with E-state index >= 15 is 0 Å². The molecule has 0 saturated carbocycles. The Morgan fingerprint density at radius 2 is 2.33 bits per heavy atom. The summed E-state index contributed by atoms with van der Waals surface area (Å²) in [6, 6.07) is 4.51. The van der Waals surface area contributed by atoms with Crippen molar-refractivity contribution in [3.63, 3.8) is 0 Å². The predicted octanol–water partition coefficient (Wildman–Crippen LogP) is 2.26. The molecule has 15 heavy (non-hydrogen) atoms. The van der Waals surface area contributed by atoms with E-state index in [2.05, 4.69) is 21.2 Å². The second kappa shape index (κ2) is 5.11. The number of nitrogens with two attached hydrogens (primary N) is 1.